The molecule has 2 heterocycles. The van der Waals surface area contributed by atoms with Crippen LogP contribution >= 0.6 is 0 Å². The smallest absolute Gasteiger partial charge is 0.227 e. The van der Waals surface area contributed by atoms with E-state index in [1.54, 1.807) is 12.4 Å². The molecule has 1 aromatic heterocycles. The van der Waals surface area contributed by atoms with E-state index in [2.05, 4.69) is 26.7 Å². The highest BCUT2D eigenvalue weighted by Gasteiger charge is 2.32. The quantitative estimate of drug-likeness (QED) is 0.809. The van der Waals surface area contributed by atoms with Gasteiger partial charge in [0.1, 0.15) is 0 Å². The largest absolute Gasteiger partial charge is 0.342 e. The number of aromatic nitrogens is 2. The molecule has 0 bridgehead atoms. The fourth-order valence-corrected chi connectivity index (χ4v) is 3.25. The predicted octanol–water partition coefficient (Wildman–Crippen LogP) is 2.34. The second-order valence-electron chi connectivity index (χ2n) is 6.56. The highest BCUT2D eigenvalue weighted by molar-refractivity contribution is 5.79. The topological polar surface area (TPSA) is 49.3 Å². The number of amides is 1. The molecule has 0 radical (unpaired) electrons. The van der Waals surface area contributed by atoms with E-state index in [0.29, 0.717) is 5.91 Å². The van der Waals surface area contributed by atoms with Crippen LogP contribution in [0.5, 0.6) is 0 Å². The van der Waals surface area contributed by atoms with E-state index in [1.807, 2.05) is 6.07 Å². The van der Waals surface area contributed by atoms with Gasteiger partial charge in [0.15, 0.2) is 0 Å². The molecule has 120 valence electrons. The zero-order chi connectivity index (χ0) is 15.4. The van der Waals surface area contributed by atoms with Gasteiger partial charge in [0.25, 0.3) is 0 Å². The van der Waals surface area contributed by atoms with Gasteiger partial charge in [-0.15, -0.1) is 0 Å². The zero-order valence-electron chi connectivity index (χ0n) is 13.4. The van der Waals surface area contributed by atoms with Crippen LogP contribution in [0.1, 0.15) is 39.0 Å². The number of carbonyl (C=O) groups is 1. The molecule has 5 nitrogen and oxygen atoms in total. The Balaban J connectivity index is 1.63. The third-order valence-electron chi connectivity index (χ3n) is 4.59. The van der Waals surface area contributed by atoms with Gasteiger partial charge in [-0.05, 0) is 44.1 Å². The Kier molecular flexibility index (Phi) is 4.90. The summed E-state index contributed by atoms with van der Waals surface area (Å²) in [5, 5.41) is 0. The van der Waals surface area contributed by atoms with Crippen molar-refractivity contribution in [3.8, 4) is 0 Å². The van der Waals surface area contributed by atoms with Crippen LogP contribution in [0, 0.1) is 11.8 Å². The van der Waals surface area contributed by atoms with Crippen molar-refractivity contribution in [2.24, 2.45) is 11.8 Å². The normalized spacial score (nSPS) is 21.7. The number of carbonyl (C=O) groups excluding carboxylic acids is 1. The Labute approximate surface area is 132 Å². The van der Waals surface area contributed by atoms with Crippen molar-refractivity contribution >= 4 is 11.9 Å². The Morgan fingerprint density at radius 3 is 2.77 bits per heavy atom. The highest BCUT2D eigenvalue weighted by atomic mass is 16.2. The van der Waals surface area contributed by atoms with Crippen LogP contribution in [-0.2, 0) is 4.79 Å². The van der Waals surface area contributed by atoms with Crippen molar-refractivity contribution < 1.29 is 4.79 Å². The number of rotatable bonds is 6. The summed E-state index contributed by atoms with van der Waals surface area (Å²) in [6.45, 7) is 5.72. The number of anilines is 1. The molecule has 2 aliphatic rings. The van der Waals surface area contributed by atoms with Crippen LogP contribution in [0.15, 0.2) is 18.5 Å². The first-order valence-electron chi connectivity index (χ1n) is 8.58. The molecule has 0 N–H and O–H groups in total. The second kappa shape index (κ2) is 7.07. The predicted molar refractivity (Wildman–Crippen MR) is 86.6 cm³/mol. The van der Waals surface area contributed by atoms with Crippen molar-refractivity contribution in [1.82, 2.24) is 14.9 Å². The summed E-state index contributed by atoms with van der Waals surface area (Å²) in [4.78, 5) is 25.8. The van der Waals surface area contributed by atoms with Crippen molar-refractivity contribution in [2.75, 3.05) is 31.1 Å². The Bertz CT molecular complexity index is 489. The molecule has 1 saturated carbocycles. The van der Waals surface area contributed by atoms with E-state index in [0.717, 1.165) is 57.3 Å². The Hall–Kier alpha value is -1.65. The molecule has 3 rings (SSSR count). The zero-order valence-corrected chi connectivity index (χ0v) is 13.4. The first kappa shape index (κ1) is 15.3. The van der Waals surface area contributed by atoms with E-state index >= 15 is 0 Å². The molecule has 1 aliphatic heterocycles. The van der Waals surface area contributed by atoms with Gasteiger partial charge in [-0.2, -0.15) is 0 Å². The van der Waals surface area contributed by atoms with E-state index in [9.17, 15) is 4.79 Å². The SMILES string of the molecule is CCCN(CC1CC1)C(=O)C1CCCN(c2ncccn2)C1. The van der Waals surface area contributed by atoms with Gasteiger partial charge in [0.05, 0.1) is 5.92 Å². The monoisotopic (exact) mass is 302 g/mol. The van der Waals surface area contributed by atoms with Gasteiger partial charge in [-0.1, -0.05) is 6.92 Å². The summed E-state index contributed by atoms with van der Waals surface area (Å²) >= 11 is 0. The average Bonchev–Trinajstić information content (AvgIpc) is 3.39. The van der Waals surface area contributed by atoms with E-state index < -0.39 is 0 Å². The summed E-state index contributed by atoms with van der Waals surface area (Å²) in [5.41, 5.74) is 0. The van der Waals surface area contributed by atoms with Gasteiger partial charge >= 0.3 is 0 Å². The van der Waals surface area contributed by atoms with Crippen molar-refractivity contribution in [1.29, 1.82) is 0 Å². The minimum atomic E-state index is 0.0999. The summed E-state index contributed by atoms with van der Waals surface area (Å²) in [6, 6.07) is 1.83. The number of piperidine rings is 1. The van der Waals surface area contributed by atoms with E-state index in [4.69, 9.17) is 0 Å². The lowest BCUT2D eigenvalue weighted by atomic mass is 9.96. The van der Waals surface area contributed by atoms with E-state index in [1.165, 1.54) is 12.8 Å². The minimum absolute atomic E-state index is 0.0999. The van der Waals surface area contributed by atoms with Gasteiger partial charge < -0.3 is 9.80 Å². The molecular formula is C17H26N4O. The van der Waals surface area contributed by atoms with Crippen LogP contribution in [0.4, 0.5) is 5.95 Å². The maximum absolute atomic E-state index is 12.9. The third kappa shape index (κ3) is 3.76. The molecule has 1 atom stereocenters. The lowest BCUT2D eigenvalue weighted by Crippen LogP contribution is -2.46. The van der Waals surface area contributed by atoms with Gasteiger partial charge in [-0.25, -0.2) is 9.97 Å². The van der Waals surface area contributed by atoms with Crippen molar-refractivity contribution in [3.63, 3.8) is 0 Å². The molecule has 5 heteroatoms. The summed E-state index contributed by atoms with van der Waals surface area (Å²) in [5.74, 6) is 1.95. The highest BCUT2D eigenvalue weighted by Crippen LogP contribution is 2.31. The van der Waals surface area contributed by atoms with Crippen LogP contribution in [0.2, 0.25) is 0 Å². The van der Waals surface area contributed by atoms with Gasteiger partial charge in [0.2, 0.25) is 11.9 Å². The molecule has 1 aliphatic carbocycles. The van der Waals surface area contributed by atoms with Crippen molar-refractivity contribution in [3.05, 3.63) is 18.5 Å². The van der Waals surface area contributed by atoms with Crippen LogP contribution in [0.25, 0.3) is 0 Å². The fourth-order valence-electron chi connectivity index (χ4n) is 3.25. The van der Waals surface area contributed by atoms with Crippen LogP contribution < -0.4 is 4.90 Å². The van der Waals surface area contributed by atoms with Crippen molar-refractivity contribution in [2.45, 2.75) is 39.0 Å². The molecule has 1 amide bonds. The number of nitrogens with zero attached hydrogens (tertiary/aromatic N) is 4. The standard InChI is InChI=1S/C17H26N4O/c1-2-10-20(12-14-6-7-14)16(22)15-5-3-11-21(13-15)17-18-8-4-9-19-17/h4,8-9,14-15H,2-3,5-7,10-13H2,1H3. The second-order valence-corrected chi connectivity index (χ2v) is 6.56. The fraction of sp³-hybridized carbons (Fsp3) is 0.706. The lowest BCUT2D eigenvalue weighted by Gasteiger charge is -2.35. The van der Waals surface area contributed by atoms with Gasteiger partial charge in [0, 0.05) is 38.6 Å². The van der Waals surface area contributed by atoms with Gasteiger partial charge in [-0.3, -0.25) is 4.79 Å². The first-order chi connectivity index (χ1) is 10.8. The molecule has 1 aromatic rings. The Morgan fingerprint density at radius 2 is 2.09 bits per heavy atom. The third-order valence-corrected chi connectivity index (χ3v) is 4.59. The first-order valence-corrected chi connectivity index (χ1v) is 8.58. The average molecular weight is 302 g/mol. The molecule has 0 aromatic carbocycles. The van der Waals surface area contributed by atoms with Crippen LogP contribution in [0.3, 0.4) is 0 Å². The van der Waals surface area contributed by atoms with Crippen LogP contribution in [-0.4, -0.2) is 47.0 Å². The lowest BCUT2D eigenvalue weighted by molar-refractivity contribution is -0.136. The number of hydrogen-bond acceptors (Lipinski definition) is 4. The maximum atomic E-state index is 12.9. The summed E-state index contributed by atoms with van der Waals surface area (Å²) in [7, 11) is 0. The summed E-state index contributed by atoms with van der Waals surface area (Å²) < 4.78 is 0. The molecule has 2 fully saturated rings. The molecule has 0 spiro atoms. The maximum Gasteiger partial charge on any atom is 0.227 e. The molecular weight excluding hydrogens is 276 g/mol. The number of hydrogen-bond donors (Lipinski definition) is 0. The summed E-state index contributed by atoms with van der Waals surface area (Å²) in [6.07, 6.45) is 9.20. The van der Waals surface area contributed by atoms with E-state index in [-0.39, 0.29) is 5.92 Å². The molecule has 1 unspecified atom stereocenters. The Morgan fingerprint density at radius 1 is 1.32 bits per heavy atom. The molecule has 22 heavy (non-hydrogen) atoms. The molecule has 1 saturated heterocycles. The minimum Gasteiger partial charge on any atom is -0.342 e.